The zero-order valence-corrected chi connectivity index (χ0v) is 23.8. The van der Waals surface area contributed by atoms with Crippen molar-refractivity contribution in [3.8, 4) is 17.1 Å². The molecule has 1 N–H and O–H groups in total. The van der Waals surface area contributed by atoms with Gasteiger partial charge in [0.15, 0.2) is 9.84 Å². The molecule has 3 aromatic carbocycles. The number of nitrogens with one attached hydrogen (secondary N) is 1. The zero-order valence-electron chi connectivity index (χ0n) is 23.0. The van der Waals surface area contributed by atoms with E-state index in [9.17, 15) is 21.6 Å². The molecule has 0 aliphatic heterocycles. The van der Waals surface area contributed by atoms with Crippen LogP contribution in [0.5, 0.6) is 5.75 Å². The van der Waals surface area contributed by atoms with Gasteiger partial charge in [0, 0.05) is 32.0 Å². The van der Waals surface area contributed by atoms with Crippen molar-refractivity contribution in [1.82, 2.24) is 9.55 Å². The maximum atomic E-state index is 14.7. The van der Waals surface area contributed by atoms with Gasteiger partial charge in [-0.25, -0.2) is 13.4 Å². The van der Waals surface area contributed by atoms with E-state index in [4.69, 9.17) is 9.47 Å². The van der Waals surface area contributed by atoms with Gasteiger partial charge >= 0.3 is 6.18 Å². The van der Waals surface area contributed by atoms with Crippen LogP contribution in [0, 0.1) is 0 Å². The van der Waals surface area contributed by atoms with Gasteiger partial charge in [0.1, 0.15) is 22.6 Å². The Morgan fingerprint density at radius 3 is 2.30 bits per heavy atom. The molecule has 0 spiro atoms. The Hall–Kier alpha value is -3.57. The van der Waals surface area contributed by atoms with E-state index in [1.165, 1.54) is 32.4 Å². The number of benzene rings is 3. The molecule has 0 aliphatic carbocycles. The molecule has 214 valence electrons. The number of ether oxygens (including phenoxy) is 2. The molecule has 0 bridgehead atoms. The summed E-state index contributed by atoms with van der Waals surface area (Å²) < 4.78 is 81.1. The fraction of sp³-hybridized carbons (Fsp3) is 0.345. The van der Waals surface area contributed by atoms with Crippen LogP contribution in [0.2, 0.25) is 0 Å². The van der Waals surface area contributed by atoms with Crippen LogP contribution in [0.1, 0.15) is 36.5 Å². The summed E-state index contributed by atoms with van der Waals surface area (Å²) in [7, 11) is -0.699. The number of methoxy groups -OCH3 is 2. The monoisotopic (exact) mass is 575 g/mol. The third-order valence-corrected chi connectivity index (χ3v) is 7.83. The molecular weight excluding hydrogens is 543 g/mol. The summed E-state index contributed by atoms with van der Waals surface area (Å²) in [4.78, 5) is 4.53. The number of sulfone groups is 1. The van der Waals surface area contributed by atoms with Crippen molar-refractivity contribution in [2.75, 3.05) is 32.4 Å². The molecule has 0 radical (unpaired) electrons. The zero-order chi connectivity index (χ0) is 29.2. The Morgan fingerprint density at radius 1 is 1.05 bits per heavy atom. The second kappa shape index (κ2) is 11.5. The SMILES string of the molecule is COCCn1c(-c2ccc(C(C)C)cc2)nc2c(C(F)(F)F)c(CNc3ccccc3S(C)(=O)=O)cc(OC)c21. The van der Waals surface area contributed by atoms with E-state index in [0.717, 1.165) is 11.8 Å². The predicted molar refractivity (Wildman–Crippen MR) is 150 cm³/mol. The lowest BCUT2D eigenvalue weighted by molar-refractivity contribution is -0.137. The van der Waals surface area contributed by atoms with Crippen LogP contribution in [-0.4, -0.2) is 45.1 Å². The van der Waals surface area contributed by atoms with Crippen LogP contribution >= 0.6 is 0 Å². The maximum absolute atomic E-state index is 14.7. The molecule has 1 heterocycles. The fourth-order valence-corrected chi connectivity index (χ4v) is 5.57. The van der Waals surface area contributed by atoms with E-state index in [1.54, 1.807) is 16.7 Å². The van der Waals surface area contributed by atoms with Crippen molar-refractivity contribution in [3.63, 3.8) is 0 Å². The lowest BCUT2D eigenvalue weighted by Crippen LogP contribution is -2.15. The Kier molecular flexibility index (Phi) is 8.46. The molecule has 4 rings (SSSR count). The number of nitrogens with zero attached hydrogens (tertiary/aromatic N) is 2. The fourth-order valence-electron chi connectivity index (χ4n) is 4.70. The molecule has 0 saturated heterocycles. The number of aromatic nitrogens is 2. The maximum Gasteiger partial charge on any atom is 0.418 e. The molecule has 0 unspecified atom stereocenters. The molecular formula is C29H32F3N3O4S. The van der Waals surface area contributed by atoms with Gasteiger partial charge in [0.2, 0.25) is 0 Å². The predicted octanol–water partition coefficient (Wildman–Crippen LogP) is 6.52. The van der Waals surface area contributed by atoms with Gasteiger partial charge < -0.3 is 19.4 Å². The van der Waals surface area contributed by atoms with Gasteiger partial charge in [-0.15, -0.1) is 0 Å². The second-order valence-electron chi connectivity index (χ2n) is 9.79. The van der Waals surface area contributed by atoms with Gasteiger partial charge in [-0.1, -0.05) is 50.2 Å². The smallest absolute Gasteiger partial charge is 0.418 e. The number of anilines is 1. The topological polar surface area (TPSA) is 82.5 Å². The molecule has 0 aliphatic rings. The van der Waals surface area contributed by atoms with Gasteiger partial charge in [-0.2, -0.15) is 13.2 Å². The molecule has 0 fully saturated rings. The van der Waals surface area contributed by atoms with Gasteiger partial charge in [-0.05, 0) is 35.2 Å². The number of imidazole rings is 1. The van der Waals surface area contributed by atoms with Crippen LogP contribution in [0.15, 0.2) is 59.5 Å². The number of hydrogen-bond donors (Lipinski definition) is 1. The number of hydrogen-bond acceptors (Lipinski definition) is 6. The highest BCUT2D eigenvalue weighted by atomic mass is 32.2. The number of halogens is 3. The van der Waals surface area contributed by atoms with Crippen molar-refractivity contribution in [2.45, 2.75) is 43.9 Å². The summed E-state index contributed by atoms with van der Waals surface area (Å²) in [5, 5.41) is 2.88. The Labute approximate surface area is 231 Å². The summed E-state index contributed by atoms with van der Waals surface area (Å²) in [6.45, 7) is 4.32. The first kappa shape index (κ1) is 29.4. The molecule has 0 amide bonds. The van der Waals surface area contributed by atoms with E-state index in [2.05, 4.69) is 24.1 Å². The summed E-state index contributed by atoms with van der Waals surface area (Å²) >= 11 is 0. The molecule has 0 saturated carbocycles. The summed E-state index contributed by atoms with van der Waals surface area (Å²) in [5.74, 6) is 0.865. The van der Waals surface area contributed by atoms with Crippen LogP contribution in [0.25, 0.3) is 22.4 Å². The van der Waals surface area contributed by atoms with Crippen molar-refractivity contribution in [2.24, 2.45) is 0 Å². The third kappa shape index (κ3) is 5.95. The van der Waals surface area contributed by atoms with Crippen LogP contribution in [0.4, 0.5) is 18.9 Å². The third-order valence-electron chi connectivity index (χ3n) is 6.68. The van der Waals surface area contributed by atoms with E-state index < -0.39 is 21.6 Å². The minimum Gasteiger partial charge on any atom is -0.494 e. The Balaban J connectivity index is 1.93. The lowest BCUT2D eigenvalue weighted by Gasteiger charge is -2.18. The normalized spacial score (nSPS) is 12.3. The average Bonchev–Trinajstić information content (AvgIpc) is 3.27. The van der Waals surface area contributed by atoms with Gasteiger partial charge in [0.25, 0.3) is 0 Å². The highest BCUT2D eigenvalue weighted by Crippen LogP contribution is 2.43. The van der Waals surface area contributed by atoms with Crippen LogP contribution < -0.4 is 10.1 Å². The van der Waals surface area contributed by atoms with Crippen LogP contribution in [-0.2, 0) is 33.8 Å². The van der Waals surface area contributed by atoms with Crippen molar-refractivity contribution < 1.29 is 31.1 Å². The quantitative estimate of drug-likeness (QED) is 0.232. The van der Waals surface area contributed by atoms with Gasteiger partial charge in [0.05, 0.1) is 29.9 Å². The largest absolute Gasteiger partial charge is 0.494 e. The number of para-hydroxylation sites is 1. The molecule has 11 heteroatoms. The van der Waals surface area contributed by atoms with E-state index in [-0.39, 0.29) is 52.6 Å². The first-order valence-electron chi connectivity index (χ1n) is 12.7. The number of rotatable bonds is 10. The summed E-state index contributed by atoms with van der Waals surface area (Å²) in [5.41, 5.74) is 0.873. The lowest BCUT2D eigenvalue weighted by atomic mass is 10.0. The minimum absolute atomic E-state index is 0.00687. The Morgan fingerprint density at radius 2 is 1.73 bits per heavy atom. The highest BCUT2D eigenvalue weighted by molar-refractivity contribution is 7.90. The molecule has 4 aromatic rings. The molecule has 1 aromatic heterocycles. The average molecular weight is 576 g/mol. The van der Waals surface area contributed by atoms with Gasteiger partial charge in [-0.3, -0.25) is 0 Å². The number of alkyl halides is 3. The first-order valence-corrected chi connectivity index (χ1v) is 14.6. The van der Waals surface area contributed by atoms with Crippen molar-refractivity contribution in [3.05, 3.63) is 71.3 Å². The van der Waals surface area contributed by atoms with E-state index >= 15 is 0 Å². The first-order chi connectivity index (χ1) is 18.9. The van der Waals surface area contributed by atoms with Crippen molar-refractivity contribution >= 4 is 26.6 Å². The van der Waals surface area contributed by atoms with Crippen LogP contribution in [0.3, 0.4) is 0 Å². The van der Waals surface area contributed by atoms with E-state index in [1.807, 2.05) is 24.3 Å². The molecule has 7 nitrogen and oxygen atoms in total. The standard InChI is InChI=1S/C29H32F3N3O4S/c1-18(2)19-10-12-20(13-11-19)28-34-26-25(29(30,31)32)21(16-23(39-4)27(26)35(28)14-15-38-3)17-33-22-8-6-7-9-24(22)40(5,36)37/h6-13,16,18,33H,14-15,17H2,1-5H3. The van der Waals surface area contributed by atoms with E-state index in [0.29, 0.717) is 17.3 Å². The second-order valence-corrected chi connectivity index (χ2v) is 11.8. The summed E-state index contributed by atoms with van der Waals surface area (Å²) in [6.07, 6.45) is -3.71. The minimum atomic E-state index is -4.75. The summed E-state index contributed by atoms with van der Waals surface area (Å²) in [6, 6.07) is 15.0. The highest BCUT2D eigenvalue weighted by Gasteiger charge is 2.39. The molecule has 40 heavy (non-hydrogen) atoms. The number of fused-ring (bicyclic) bond motifs is 1. The Bertz CT molecular complexity index is 1610. The van der Waals surface area contributed by atoms with Crippen molar-refractivity contribution in [1.29, 1.82) is 0 Å². The molecule has 0 atom stereocenters.